The fourth-order valence-electron chi connectivity index (χ4n) is 1.74. The third-order valence-electron chi connectivity index (χ3n) is 2.95. The molecule has 2 nitrogen and oxygen atoms in total. The van der Waals surface area contributed by atoms with Gasteiger partial charge in [0.15, 0.2) is 0 Å². The van der Waals surface area contributed by atoms with Crippen molar-refractivity contribution in [2.24, 2.45) is 0 Å². The molecule has 3 heteroatoms. The van der Waals surface area contributed by atoms with E-state index < -0.39 is 0 Å². The largest absolute Gasteiger partial charge is 0.361 e. The van der Waals surface area contributed by atoms with Gasteiger partial charge in [0.1, 0.15) is 5.76 Å². The molecule has 1 aromatic heterocycles. The van der Waals surface area contributed by atoms with Crippen molar-refractivity contribution < 1.29 is 4.52 Å². The van der Waals surface area contributed by atoms with Crippen molar-refractivity contribution in [3.63, 3.8) is 0 Å². The van der Waals surface area contributed by atoms with Crippen LogP contribution in [0.1, 0.15) is 28.1 Å². The van der Waals surface area contributed by atoms with Crippen LogP contribution < -0.4 is 0 Å². The molecule has 0 atom stereocenters. The number of benzene rings is 1. The molecule has 2 aromatic rings. The molecule has 2 rings (SSSR count). The van der Waals surface area contributed by atoms with E-state index in [1.54, 1.807) is 0 Å². The minimum Gasteiger partial charge on any atom is -0.361 e. The SMILES string of the molecule is Cc1ccccc1CSCc1c(C)noc1C. The molecule has 0 bridgehead atoms. The summed E-state index contributed by atoms with van der Waals surface area (Å²) in [6.45, 7) is 6.13. The molecule has 90 valence electrons. The van der Waals surface area contributed by atoms with E-state index >= 15 is 0 Å². The highest BCUT2D eigenvalue weighted by atomic mass is 32.2. The molecule has 0 fully saturated rings. The van der Waals surface area contributed by atoms with Gasteiger partial charge in [-0.25, -0.2) is 0 Å². The monoisotopic (exact) mass is 247 g/mol. The van der Waals surface area contributed by atoms with Gasteiger partial charge in [-0.05, 0) is 31.9 Å². The molecule has 0 unspecified atom stereocenters. The number of aryl methyl sites for hydroxylation is 3. The second-order valence-electron chi connectivity index (χ2n) is 4.22. The Kier molecular flexibility index (Phi) is 3.89. The Morgan fingerprint density at radius 2 is 1.88 bits per heavy atom. The van der Waals surface area contributed by atoms with E-state index in [0.717, 1.165) is 23.0 Å². The molecule has 1 heterocycles. The topological polar surface area (TPSA) is 26.0 Å². The summed E-state index contributed by atoms with van der Waals surface area (Å²) >= 11 is 1.91. The number of hydrogen-bond acceptors (Lipinski definition) is 3. The van der Waals surface area contributed by atoms with E-state index in [1.807, 2.05) is 25.6 Å². The van der Waals surface area contributed by atoms with Gasteiger partial charge in [-0.15, -0.1) is 0 Å². The number of aromatic nitrogens is 1. The quantitative estimate of drug-likeness (QED) is 0.815. The molecule has 0 radical (unpaired) electrons. The second-order valence-corrected chi connectivity index (χ2v) is 5.21. The summed E-state index contributed by atoms with van der Waals surface area (Å²) < 4.78 is 5.16. The lowest BCUT2D eigenvalue weighted by Gasteiger charge is -2.05. The first kappa shape index (κ1) is 12.2. The van der Waals surface area contributed by atoms with Crippen molar-refractivity contribution in [1.29, 1.82) is 0 Å². The molecule has 0 N–H and O–H groups in total. The van der Waals surface area contributed by atoms with Crippen molar-refractivity contribution in [3.05, 3.63) is 52.4 Å². The molecular weight excluding hydrogens is 230 g/mol. The minimum absolute atomic E-state index is 0.944. The van der Waals surface area contributed by atoms with Crippen LogP contribution >= 0.6 is 11.8 Å². The summed E-state index contributed by atoms with van der Waals surface area (Å²) in [6, 6.07) is 8.53. The zero-order valence-electron chi connectivity index (χ0n) is 10.5. The highest BCUT2D eigenvalue weighted by molar-refractivity contribution is 7.97. The molecule has 17 heavy (non-hydrogen) atoms. The van der Waals surface area contributed by atoms with E-state index in [1.165, 1.54) is 16.7 Å². The fraction of sp³-hybridized carbons (Fsp3) is 0.357. The number of hydrogen-bond donors (Lipinski definition) is 0. The van der Waals surface area contributed by atoms with Crippen LogP contribution in [0.5, 0.6) is 0 Å². The fourth-order valence-corrected chi connectivity index (χ4v) is 3.01. The number of rotatable bonds is 4. The van der Waals surface area contributed by atoms with Gasteiger partial charge >= 0.3 is 0 Å². The summed E-state index contributed by atoms with van der Waals surface area (Å²) in [4.78, 5) is 0. The van der Waals surface area contributed by atoms with Crippen LogP contribution in [0.25, 0.3) is 0 Å². The van der Waals surface area contributed by atoms with Gasteiger partial charge in [0.25, 0.3) is 0 Å². The third kappa shape index (κ3) is 2.91. The van der Waals surface area contributed by atoms with Crippen LogP contribution in [0.2, 0.25) is 0 Å². The number of thioether (sulfide) groups is 1. The Morgan fingerprint density at radius 3 is 2.53 bits per heavy atom. The van der Waals surface area contributed by atoms with Crippen molar-refractivity contribution in [2.75, 3.05) is 0 Å². The van der Waals surface area contributed by atoms with E-state index in [4.69, 9.17) is 4.52 Å². The lowest BCUT2D eigenvalue weighted by atomic mass is 10.1. The van der Waals surface area contributed by atoms with Crippen molar-refractivity contribution in [1.82, 2.24) is 5.16 Å². The van der Waals surface area contributed by atoms with Crippen molar-refractivity contribution in [2.45, 2.75) is 32.3 Å². The standard InChI is InChI=1S/C14H17NOS/c1-10-6-4-5-7-13(10)8-17-9-14-11(2)15-16-12(14)3/h4-7H,8-9H2,1-3H3. The summed E-state index contributed by atoms with van der Waals surface area (Å²) in [7, 11) is 0. The molecule has 1 aromatic carbocycles. The van der Waals surface area contributed by atoms with Crippen LogP contribution in [-0.4, -0.2) is 5.16 Å². The van der Waals surface area contributed by atoms with Crippen molar-refractivity contribution in [3.8, 4) is 0 Å². The lowest BCUT2D eigenvalue weighted by molar-refractivity contribution is 0.392. The van der Waals surface area contributed by atoms with Gasteiger partial charge < -0.3 is 4.52 Å². The zero-order valence-corrected chi connectivity index (χ0v) is 11.3. The highest BCUT2D eigenvalue weighted by Gasteiger charge is 2.08. The normalized spacial score (nSPS) is 10.8. The third-order valence-corrected chi connectivity index (χ3v) is 3.95. The predicted octanol–water partition coefficient (Wildman–Crippen LogP) is 4.03. The zero-order chi connectivity index (χ0) is 12.3. The van der Waals surface area contributed by atoms with Gasteiger partial charge in [0, 0.05) is 17.1 Å². The smallest absolute Gasteiger partial charge is 0.137 e. The first-order chi connectivity index (χ1) is 8.18. The Bertz CT molecular complexity index is 485. The maximum atomic E-state index is 5.16. The maximum absolute atomic E-state index is 5.16. The van der Waals surface area contributed by atoms with E-state index in [2.05, 4.69) is 36.3 Å². The predicted molar refractivity (Wildman–Crippen MR) is 72.2 cm³/mol. The van der Waals surface area contributed by atoms with Gasteiger partial charge in [-0.3, -0.25) is 0 Å². The van der Waals surface area contributed by atoms with Gasteiger partial charge in [0.2, 0.25) is 0 Å². The Labute approximate surface area is 106 Å². The van der Waals surface area contributed by atoms with Gasteiger partial charge in [0.05, 0.1) is 5.69 Å². The van der Waals surface area contributed by atoms with E-state index in [-0.39, 0.29) is 0 Å². The van der Waals surface area contributed by atoms with E-state index in [0.29, 0.717) is 0 Å². The summed E-state index contributed by atoms with van der Waals surface area (Å²) in [5, 5.41) is 3.97. The molecule has 0 aliphatic carbocycles. The summed E-state index contributed by atoms with van der Waals surface area (Å²) in [5.74, 6) is 2.95. The van der Waals surface area contributed by atoms with Crippen LogP contribution in [0, 0.1) is 20.8 Å². The molecule has 0 spiro atoms. The van der Waals surface area contributed by atoms with Crippen LogP contribution in [-0.2, 0) is 11.5 Å². The molecule has 0 aliphatic heterocycles. The molecule has 0 saturated carbocycles. The average molecular weight is 247 g/mol. The van der Waals surface area contributed by atoms with Crippen LogP contribution in [0.3, 0.4) is 0 Å². The molecular formula is C14H17NOS. The first-order valence-corrected chi connectivity index (χ1v) is 6.88. The van der Waals surface area contributed by atoms with Gasteiger partial charge in [-0.1, -0.05) is 29.4 Å². The van der Waals surface area contributed by atoms with Gasteiger partial charge in [-0.2, -0.15) is 11.8 Å². The second kappa shape index (κ2) is 5.41. The first-order valence-electron chi connectivity index (χ1n) is 5.72. The summed E-state index contributed by atoms with van der Waals surface area (Å²) in [6.07, 6.45) is 0. The lowest BCUT2D eigenvalue weighted by Crippen LogP contribution is -1.89. The molecule has 0 amide bonds. The van der Waals surface area contributed by atoms with Crippen molar-refractivity contribution >= 4 is 11.8 Å². The van der Waals surface area contributed by atoms with Crippen LogP contribution in [0.15, 0.2) is 28.8 Å². The summed E-state index contributed by atoms with van der Waals surface area (Å²) in [5.41, 5.74) is 5.02. The van der Waals surface area contributed by atoms with E-state index in [9.17, 15) is 0 Å². The molecule has 0 aliphatic rings. The Morgan fingerprint density at radius 1 is 1.12 bits per heavy atom. The molecule has 0 saturated heterocycles. The maximum Gasteiger partial charge on any atom is 0.137 e. The minimum atomic E-state index is 0.944. The number of nitrogens with zero attached hydrogens (tertiary/aromatic N) is 1. The average Bonchev–Trinajstić information content (AvgIpc) is 2.63. The Hall–Kier alpha value is -1.22. The van der Waals surface area contributed by atoms with Crippen LogP contribution in [0.4, 0.5) is 0 Å². The Balaban J connectivity index is 1.95. The highest BCUT2D eigenvalue weighted by Crippen LogP contribution is 2.23.